The highest BCUT2D eigenvalue weighted by Crippen LogP contribution is 2.10. The summed E-state index contributed by atoms with van der Waals surface area (Å²) in [6.45, 7) is 2.74. The van der Waals surface area contributed by atoms with Crippen molar-refractivity contribution in [3.8, 4) is 0 Å². The fraction of sp³-hybridized carbons (Fsp3) is 0.190. The van der Waals surface area contributed by atoms with Gasteiger partial charge in [0.1, 0.15) is 5.82 Å². The first kappa shape index (κ1) is 17.6. The zero-order chi connectivity index (χ0) is 18.2. The summed E-state index contributed by atoms with van der Waals surface area (Å²) < 4.78 is 0. The summed E-state index contributed by atoms with van der Waals surface area (Å²) in [6, 6.07) is 21.8. The standard InChI is InChI=1S/C21H22N4O/c1-16-7-9-18(10-8-16)15-22-19-12-13-20(25-24-19)23-21(26)14-11-17-5-3-2-4-6-17/h2-10,12-13H,11,14-15H2,1H3,(H,22,24)(H,23,25,26). The maximum atomic E-state index is 12.0. The lowest BCUT2D eigenvalue weighted by atomic mass is 10.1. The average Bonchev–Trinajstić information content (AvgIpc) is 2.68. The molecule has 0 aliphatic rings. The number of aromatic nitrogens is 2. The minimum absolute atomic E-state index is 0.0662. The highest BCUT2D eigenvalue weighted by atomic mass is 16.1. The molecular formula is C21H22N4O. The normalized spacial score (nSPS) is 10.3. The molecule has 0 radical (unpaired) electrons. The lowest BCUT2D eigenvalue weighted by Gasteiger charge is -2.07. The van der Waals surface area contributed by atoms with Crippen LogP contribution >= 0.6 is 0 Å². The monoisotopic (exact) mass is 346 g/mol. The van der Waals surface area contributed by atoms with Gasteiger partial charge in [-0.2, -0.15) is 0 Å². The van der Waals surface area contributed by atoms with Crippen LogP contribution in [0.15, 0.2) is 66.7 Å². The number of carbonyl (C=O) groups excluding carboxylic acids is 1. The second-order valence-electron chi connectivity index (χ2n) is 6.18. The molecule has 0 aliphatic carbocycles. The molecule has 1 aromatic heterocycles. The molecule has 2 N–H and O–H groups in total. The van der Waals surface area contributed by atoms with Crippen molar-refractivity contribution in [3.05, 3.63) is 83.4 Å². The van der Waals surface area contributed by atoms with E-state index in [1.54, 1.807) is 6.07 Å². The van der Waals surface area contributed by atoms with E-state index in [2.05, 4.69) is 52.0 Å². The number of hydrogen-bond acceptors (Lipinski definition) is 4. The molecule has 0 spiro atoms. The van der Waals surface area contributed by atoms with Gasteiger partial charge in [-0.05, 0) is 36.6 Å². The molecule has 0 unspecified atom stereocenters. The van der Waals surface area contributed by atoms with Gasteiger partial charge in [-0.15, -0.1) is 10.2 Å². The van der Waals surface area contributed by atoms with Gasteiger partial charge >= 0.3 is 0 Å². The molecule has 5 nitrogen and oxygen atoms in total. The molecule has 0 atom stereocenters. The van der Waals surface area contributed by atoms with Gasteiger partial charge in [0.25, 0.3) is 0 Å². The number of amides is 1. The molecule has 0 bridgehead atoms. The third-order valence-corrected chi connectivity index (χ3v) is 4.01. The first-order valence-electron chi connectivity index (χ1n) is 8.66. The highest BCUT2D eigenvalue weighted by molar-refractivity contribution is 5.89. The number of rotatable bonds is 7. The van der Waals surface area contributed by atoms with Crippen LogP contribution in [0, 0.1) is 6.92 Å². The summed E-state index contributed by atoms with van der Waals surface area (Å²) in [5.74, 6) is 1.07. The number of nitrogens with one attached hydrogen (secondary N) is 2. The van der Waals surface area contributed by atoms with Crippen LogP contribution in [0.2, 0.25) is 0 Å². The Morgan fingerprint density at radius 2 is 1.54 bits per heavy atom. The van der Waals surface area contributed by atoms with Gasteiger partial charge in [-0.1, -0.05) is 60.2 Å². The van der Waals surface area contributed by atoms with Crippen LogP contribution in [0.1, 0.15) is 23.1 Å². The Balaban J connectivity index is 1.46. The van der Waals surface area contributed by atoms with Crippen molar-refractivity contribution in [3.63, 3.8) is 0 Å². The van der Waals surface area contributed by atoms with E-state index in [0.717, 1.165) is 5.56 Å². The molecule has 2 aromatic carbocycles. The average molecular weight is 346 g/mol. The number of benzene rings is 2. The van der Waals surface area contributed by atoms with Crippen LogP contribution in [0.25, 0.3) is 0 Å². The van der Waals surface area contributed by atoms with Crippen molar-refractivity contribution < 1.29 is 4.79 Å². The van der Waals surface area contributed by atoms with Gasteiger partial charge < -0.3 is 10.6 Å². The third-order valence-electron chi connectivity index (χ3n) is 4.01. The van der Waals surface area contributed by atoms with Gasteiger partial charge in [-0.25, -0.2) is 0 Å². The molecular weight excluding hydrogens is 324 g/mol. The predicted molar refractivity (Wildman–Crippen MR) is 104 cm³/mol. The molecule has 132 valence electrons. The first-order valence-corrected chi connectivity index (χ1v) is 8.66. The Hall–Kier alpha value is -3.21. The van der Waals surface area contributed by atoms with E-state index in [1.807, 2.05) is 36.4 Å². The number of hydrogen-bond donors (Lipinski definition) is 2. The Morgan fingerprint density at radius 3 is 2.23 bits per heavy atom. The van der Waals surface area contributed by atoms with Gasteiger partial charge in [0.15, 0.2) is 5.82 Å². The third kappa shape index (κ3) is 5.41. The Morgan fingerprint density at radius 1 is 0.846 bits per heavy atom. The molecule has 0 saturated carbocycles. The van der Waals surface area contributed by atoms with Crippen molar-refractivity contribution in [1.29, 1.82) is 0 Å². The molecule has 3 aromatic rings. The van der Waals surface area contributed by atoms with Crippen molar-refractivity contribution in [2.75, 3.05) is 10.6 Å². The minimum Gasteiger partial charge on any atom is -0.365 e. The number of anilines is 2. The van der Waals surface area contributed by atoms with Crippen LogP contribution in [0.4, 0.5) is 11.6 Å². The molecule has 5 heteroatoms. The molecule has 0 aliphatic heterocycles. The van der Waals surface area contributed by atoms with E-state index >= 15 is 0 Å². The van der Waals surface area contributed by atoms with Crippen molar-refractivity contribution in [2.45, 2.75) is 26.3 Å². The summed E-state index contributed by atoms with van der Waals surface area (Å²) in [5, 5.41) is 14.2. The summed E-state index contributed by atoms with van der Waals surface area (Å²) >= 11 is 0. The van der Waals surface area contributed by atoms with Gasteiger partial charge in [0.05, 0.1) is 0 Å². The van der Waals surface area contributed by atoms with Crippen molar-refractivity contribution in [2.24, 2.45) is 0 Å². The van der Waals surface area contributed by atoms with E-state index in [0.29, 0.717) is 31.0 Å². The number of nitrogens with zero attached hydrogens (tertiary/aromatic N) is 2. The fourth-order valence-corrected chi connectivity index (χ4v) is 2.50. The number of aryl methyl sites for hydroxylation is 2. The summed E-state index contributed by atoms with van der Waals surface area (Å²) in [4.78, 5) is 12.0. The smallest absolute Gasteiger partial charge is 0.225 e. The predicted octanol–water partition coefficient (Wildman–Crippen LogP) is 3.97. The largest absolute Gasteiger partial charge is 0.365 e. The minimum atomic E-state index is -0.0662. The number of carbonyl (C=O) groups is 1. The zero-order valence-electron chi connectivity index (χ0n) is 14.8. The Kier molecular flexibility index (Phi) is 5.93. The Bertz CT molecular complexity index is 830. The topological polar surface area (TPSA) is 66.9 Å². The summed E-state index contributed by atoms with van der Waals surface area (Å²) in [7, 11) is 0. The van der Waals surface area contributed by atoms with E-state index < -0.39 is 0 Å². The molecule has 26 heavy (non-hydrogen) atoms. The Labute approximate surface area is 153 Å². The first-order chi connectivity index (χ1) is 12.7. The van der Waals surface area contributed by atoms with Crippen molar-refractivity contribution >= 4 is 17.5 Å². The van der Waals surface area contributed by atoms with Crippen LogP contribution in [-0.2, 0) is 17.8 Å². The lowest BCUT2D eigenvalue weighted by Crippen LogP contribution is -2.14. The molecule has 0 saturated heterocycles. The van der Waals surface area contributed by atoms with Crippen LogP contribution in [0.3, 0.4) is 0 Å². The molecule has 1 amide bonds. The van der Waals surface area contributed by atoms with Crippen LogP contribution < -0.4 is 10.6 Å². The summed E-state index contributed by atoms with van der Waals surface area (Å²) in [5.41, 5.74) is 3.56. The lowest BCUT2D eigenvalue weighted by molar-refractivity contribution is -0.116. The van der Waals surface area contributed by atoms with Gasteiger partial charge in [0, 0.05) is 13.0 Å². The van der Waals surface area contributed by atoms with Gasteiger partial charge in [-0.3, -0.25) is 4.79 Å². The molecule has 3 rings (SSSR count). The van der Waals surface area contributed by atoms with E-state index in [-0.39, 0.29) is 5.91 Å². The van der Waals surface area contributed by atoms with Crippen LogP contribution in [0.5, 0.6) is 0 Å². The maximum absolute atomic E-state index is 12.0. The fourth-order valence-electron chi connectivity index (χ4n) is 2.50. The molecule has 0 fully saturated rings. The summed E-state index contributed by atoms with van der Waals surface area (Å²) in [6.07, 6.45) is 1.12. The highest BCUT2D eigenvalue weighted by Gasteiger charge is 2.05. The van der Waals surface area contributed by atoms with Gasteiger partial charge in [0.2, 0.25) is 5.91 Å². The zero-order valence-corrected chi connectivity index (χ0v) is 14.8. The van der Waals surface area contributed by atoms with Crippen molar-refractivity contribution in [1.82, 2.24) is 10.2 Å². The SMILES string of the molecule is Cc1ccc(CNc2ccc(NC(=O)CCc3ccccc3)nn2)cc1. The molecule has 1 heterocycles. The quantitative estimate of drug-likeness (QED) is 0.679. The second kappa shape index (κ2) is 8.76. The maximum Gasteiger partial charge on any atom is 0.225 e. The van der Waals surface area contributed by atoms with Crippen LogP contribution in [-0.4, -0.2) is 16.1 Å². The van der Waals surface area contributed by atoms with E-state index in [1.165, 1.54) is 11.1 Å². The second-order valence-corrected chi connectivity index (χ2v) is 6.18. The van der Waals surface area contributed by atoms with E-state index in [9.17, 15) is 4.79 Å². The van der Waals surface area contributed by atoms with E-state index in [4.69, 9.17) is 0 Å².